The molecular formula is C71H48N4. The highest BCUT2D eigenvalue weighted by Crippen LogP contribution is 2.41. The fourth-order valence-electron chi connectivity index (χ4n) is 10.9. The predicted molar refractivity (Wildman–Crippen MR) is 317 cm³/mol. The first-order valence-corrected chi connectivity index (χ1v) is 25.6. The van der Waals surface area contributed by atoms with E-state index in [1.54, 1.807) is 0 Å². The molecule has 0 aliphatic heterocycles. The fourth-order valence-corrected chi connectivity index (χ4v) is 10.9. The maximum Gasteiger partial charge on any atom is 0.145 e. The lowest BCUT2D eigenvalue weighted by atomic mass is 10.0. The van der Waals surface area contributed by atoms with Crippen LogP contribution in [-0.2, 0) is 0 Å². The molecular weight excluding hydrogens is 909 g/mol. The Morgan fingerprint density at radius 2 is 0.533 bits per heavy atom. The highest BCUT2D eigenvalue weighted by atomic mass is 15.1. The van der Waals surface area contributed by atoms with Crippen LogP contribution in [0.1, 0.15) is 0 Å². The molecule has 0 saturated heterocycles. The number of hydrogen-bond donors (Lipinski definition) is 0. The maximum absolute atomic E-state index is 5.23. The van der Waals surface area contributed by atoms with Crippen molar-refractivity contribution < 1.29 is 0 Å². The maximum atomic E-state index is 5.23. The second-order valence-corrected chi connectivity index (χ2v) is 19.3. The molecule has 4 heteroatoms. The Bertz CT molecular complexity index is 4240. The molecule has 0 N–H and O–H groups in total. The van der Waals surface area contributed by atoms with E-state index in [1.165, 1.54) is 43.1 Å². The van der Waals surface area contributed by atoms with E-state index in [-0.39, 0.29) is 0 Å². The zero-order valence-corrected chi connectivity index (χ0v) is 41.0. The lowest BCUT2D eigenvalue weighted by Gasteiger charge is -2.26. The van der Waals surface area contributed by atoms with Crippen LogP contribution in [0.4, 0.5) is 34.1 Å². The second-order valence-electron chi connectivity index (χ2n) is 19.3. The standard InChI is InChI=1S/C71H48N4/c1-5-15-58-45-65(41-31-49(58)11-1)73(66-42-32-50-12-2-6-16-59(50)46-66)62-35-25-54(26-36-62)53-21-23-57(24-22-53)71-72-69-19-9-10-20-70(69)75(71)64-39-29-56(30-40-64)55-27-37-63(38-28-55)74(67-43-33-51-13-3-7-17-60(51)47-67)68-44-34-52-14-4-8-18-61(52)48-68/h1-48H. The van der Waals surface area contributed by atoms with Crippen molar-refractivity contribution in [3.63, 3.8) is 0 Å². The summed E-state index contributed by atoms with van der Waals surface area (Å²) in [5, 5.41) is 9.75. The molecule has 0 unspecified atom stereocenters. The third-order valence-corrected chi connectivity index (χ3v) is 14.7. The first kappa shape index (κ1) is 43.7. The summed E-state index contributed by atoms with van der Waals surface area (Å²) in [4.78, 5) is 9.94. The molecule has 0 fully saturated rings. The van der Waals surface area contributed by atoms with Gasteiger partial charge in [-0.3, -0.25) is 4.57 Å². The molecule has 0 saturated carbocycles. The molecule has 352 valence electrons. The van der Waals surface area contributed by atoms with Crippen molar-refractivity contribution in [2.75, 3.05) is 9.80 Å². The summed E-state index contributed by atoms with van der Waals surface area (Å²) in [6, 6.07) is 105. The molecule has 14 aromatic rings. The number of anilines is 6. The van der Waals surface area contributed by atoms with E-state index < -0.39 is 0 Å². The van der Waals surface area contributed by atoms with Crippen LogP contribution in [0, 0.1) is 0 Å². The van der Waals surface area contributed by atoms with Gasteiger partial charge < -0.3 is 9.80 Å². The van der Waals surface area contributed by atoms with Gasteiger partial charge in [-0.2, -0.15) is 0 Å². The molecule has 14 rings (SSSR count). The van der Waals surface area contributed by atoms with Gasteiger partial charge in [0, 0.05) is 45.4 Å². The average molecular weight is 957 g/mol. The van der Waals surface area contributed by atoms with Crippen molar-refractivity contribution in [3.8, 4) is 39.3 Å². The molecule has 75 heavy (non-hydrogen) atoms. The van der Waals surface area contributed by atoms with Crippen molar-refractivity contribution >= 4 is 88.2 Å². The Balaban J connectivity index is 0.755. The first-order chi connectivity index (χ1) is 37.1. The van der Waals surface area contributed by atoms with E-state index in [0.717, 1.165) is 84.5 Å². The predicted octanol–water partition coefficient (Wildman–Crippen LogP) is 19.6. The van der Waals surface area contributed by atoms with Gasteiger partial charge in [0.1, 0.15) is 5.82 Å². The molecule has 13 aromatic carbocycles. The van der Waals surface area contributed by atoms with Gasteiger partial charge in [-0.05, 0) is 162 Å². The third kappa shape index (κ3) is 8.21. The van der Waals surface area contributed by atoms with Crippen molar-refractivity contribution in [3.05, 3.63) is 291 Å². The minimum atomic E-state index is 0.902. The van der Waals surface area contributed by atoms with Crippen molar-refractivity contribution in [1.29, 1.82) is 0 Å². The van der Waals surface area contributed by atoms with E-state index in [1.807, 2.05) is 0 Å². The number of hydrogen-bond acceptors (Lipinski definition) is 3. The lowest BCUT2D eigenvalue weighted by Crippen LogP contribution is -2.09. The van der Waals surface area contributed by atoms with Gasteiger partial charge in [0.15, 0.2) is 0 Å². The van der Waals surface area contributed by atoms with E-state index in [0.29, 0.717) is 0 Å². The normalized spacial score (nSPS) is 11.5. The number of fused-ring (bicyclic) bond motifs is 5. The summed E-state index contributed by atoms with van der Waals surface area (Å²) >= 11 is 0. The summed E-state index contributed by atoms with van der Waals surface area (Å²) in [6.07, 6.45) is 0. The summed E-state index contributed by atoms with van der Waals surface area (Å²) < 4.78 is 2.28. The summed E-state index contributed by atoms with van der Waals surface area (Å²) in [6.45, 7) is 0. The van der Waals surface area contributed by atoms with Crippen LogP contribution in [0.25, 0.3) is 93.5 Å². The SMILES string of the molecule is c1ccc2cc(N(c3ccc(-c4ccc(-c5nc6ccccc6n5-c5ccc(-c6ccc(N(c7ccc8ccccc8c7)c7ccc8ccccc8c7)cc6)cc5)cc4)cc3)c3ccc4ccccc4c3)ccc2c1. The fraction of sp³-hybridized carbons (Fsp3) is 0. The van der Waals surface area contributed by atoms with E-state index >= 15 is 0 Å². The molecule has 0 spiro atoms. The Labute approximate surface area is 435 Å². The number of imidazole rings is 1. The Hall–Kier alpha value is -10.0. The number of benzene rings is 13. The Kier molecular flexibility index (Phi) is 10.8. The van der Waals surface area contributed by atoms with Crippen LogP contribution in [0.3, 0.4) is 0 Å². The van der Waals surface area contributed by atoms with Gasteiger partial charge in [-0.1, -0.05) is 194 Å². The molecule has 4 nitrogen and oxygen atoms in total. The number of para-hydroxylation sites is 2. The van der Waals surface area contributed by atoms with Gasteiger partial charge in [-0.15, -0.1) is 0 Å². The van der Waals surface area contributed by atoms with Gasteiger partial charge in [0.05, 0.1) is 11.0 Å². The molecule has 0 aliphatic carbocycles. The minimum absolute atomic E-state index is 0.902. The summed E-state index contributed by atoms with van der Waals surface area (Å²) in [5.41, 5.74) is 15.4. The van der Waals surface area contributed by atoms with Crippen molar-refractivity contribution in [2.24, 2.45) is 0 Å². The number of rotatable bonds is 10. The minimum Gasteiger partial charge on any atom is -0.310 e. The van der Waals surface area contributed by atoms with Crippen LogP contribution in [-0.4, -0.2) is 9.55 Å². The lowest BCUT2D eigenvalue weighted by molar-refractivity contribution is 1.10. The number of nitrogens with zero attached hydrogens (tertiary/aromatic N) is 4. The molecule has 0 atom stereocenters. The highest BCUT2D eigenvalue weighted by molar-refractivity contribution is 5.95. The zero-order valence-electron chi connectivity index (χ0n) is 41.0. The van der Waals surface area contributed by atoms with E-state index in [9.17, 15) is 0 Å². The summed E-state index contributed by atoms with van der Waals surface area (Å²) in [5.74, 6) is 0.902. The van der Waals surface area contributed by atoms with Crippen molar-refractivity contribution in [1.82, 2.24) is 9.55 Å². The van der Waals surface area contributed by atoms with Crippen molar-refractivity contribution in [2.45, 2.75) is 0 Å². The van der Waals surface area contributed by atoms with Crippen LogP contribution < -0.4 is 9.80 Å². The van der Waals surface area contributed by atoms with Gasteiger partial charge in [0.25, 0.3) is 0 Å². The first-order valence-electron chi connectivity index (χ1n) is 25.6. The van der Waals surface area contributed by atoms with E-state index in [2.05, 4.69) is 306 Å². The van der Waals surface area contributed by atoms with Crippen LogP contribution in [0.5, 0.6) is 0 Å². The van der Waals surface area contributed by atoms with E-state index in [4.69, 9.17) is 4.98 Å². The van der Waals surface area contributed by atoms with Gasteiger partial charge in [0.2, 0.25) is 0 Å². The second kappa shape index (κ2) is 18.5. The highest BCUT2D eigenvalue weighted by Gasteiger charge is 2.18. The quantitative estimate of drug-likeness (QED) is 0.137. The zero-order chi connectivity index (χ0) is 49.7. The topological polar surface area (TPSA) is 24.3 Å². The van der Waals surface area contributed by atoms with Crippen LogP contribution in [0.2, 0.25) is 0 Å². The van der Waals surface area contributed by atoms with Gasteiger partial charge in [-0.25, -0.2) is 4.98 Å². The molecule has 0 bridgehead atoms. The molecule has 1 heterocycles. The summed E-state index contributed by atoms with van der Waals surface area (Å²) in [7, 11) is 0. The average Bonchev–Trinajstić information content (AvgIpc) is 3.88. The molecule has 1 aromatic heterocycles. The van der Waals surface area contributed by atoms with Crippen LogP contribution in [0.15, 0.2) is 291 Å². The molecule has 0 radical (unpaired) electrons. The molecule has 0 amide bonds. The molecule has 0 aliphatic rings. The number of aromatic nitrogens is 2. The Morgan fingerprint density at radius 1 is 0.240 bits per heavy atom. The largest absolute Gasteiger partial charge is 0.310 e. The monoisotopic (exact) mass is 956 g/mol. The van der Waals surface area contributed by atoms with Gasteiger partial charge >= 0.3 is 0 Å². The third-order valence-electron chi connectivity index (χ3n) is 14.7. The smallest absolute Gasteiger partial charge is 0.145 e. The van der Waals surface area contributed by atoms with Crippen LogP contribution >= 0.6 is 0 Å². The Morgan fingerprint density at radius 3 is 0.920 bits per heavy atom.